The monoisotopic (exact) mass is 639 g/mol. The third-order valence-electron chi connectivity index (χ3n) is 10.7. The van der Waals surface area contributed by atoms with E-state index in [0.717, 1.165) is 18.0 Å². The maximum absolute atomic E-state index is 5.79. The van der Waals surface area contributed by atoms with Crippen LogP contribution in [0.4, 0.5) is 0 Å². The minimum absolute atomic E-state index is 0.537. The Hall–Kier alpha value is -6.25. The normalized spacial score (nSPS) is 14.3. The van der Waals surface area contributed by atoms with Crippen molar-refractivity contribution in [2.45, 2.75) is 5.41 Å². The van der Waals surface area contributed by atoms with Gasteiger partial charge in [0.15, 0.2) is 0 Å². The Morgan fingerprint density at radius 3 is 1.76 bits per heavy atom. The molecule has 10 rings (SSSR count). The molecule has 0 aromatic heterocycles. The molecule has 2 heteroatoms. The average molecular weight is 640 g/mol. The molecule has 2 aliphatic rings. The number of fused-ring (bicyclic) bond motifs is 6. The summed E-state index contributed by atoms with van der Waals surface area (Å²) in [6.07, 6.45) is 0. The van der Waals surface area contributed by atoms with Gasteiger partial charge >= 0.3 is 0 Å². The Balaban J connectivity index is 1.28. The molecule has 0 amide bonds. The van der Waals surface area contributed by atoms with Gasteiger partial charge in [-0.05, 0) is 108 Å². The van der Waals surface area contributed by atoms with Gasteiger partial charge in [0.2, 0.25) is 5.90 Å². The molecule has 0 bridgehead atoms. The molecule has 0 atom stereocenters. The largest absolute Gasteiger partial charge is 0.476 e. The molecular weight excluding hydrogens is 607 g/mol. The predicted molar refractivity (Wildman–Crippen MR) is 207 cm³/mol. The Kier molecular flexibility index (Phi) is 6.57. The number of ether oxygens (including phenoxy) is 1. The topological polar surface area (TPSA) is 21.6 Å². The van der Waals surface area contributed by atoms with Gasteiger partial charge in [0.1, 0.15) is 6.61 Å². The van der Waals surface area contributed by atoms with Gasteiger partial charge < -0.3 is 4.74 Å². The lowest BCUT2D eigenvalue weighted by molar-refractivity contribution is 0.348. The first-order chi connectivity index (χ1) is 24.8. The molecule has 0 saturated carbocycles. The highest BCUT2D eigenvalue weighted by atomic mass is 16.5. The first kappa shape index (κ1) is 28.7. The molecule has 0 spiro atoms. The summed E-state index contributed by atoms with van der Waals surface area (Å²) in [4.78, 5) is 4.55. The lowest BCUT2D eigenvalue weighted by Crippen LogP contribution is -2.28. The van der Waals surface area contributed by atoms with Crippen molar-refractivity contribution in [2.75, 3.05) is 13.2 Å². The summed E-state index contributed by atoms with van der Waals surface area (Å²) >= 11 is 0. The SMILES string of the molecule is c1ccc(C2(c3ccccc3)c3cc(-c4ccc5ccccc5c4)ccc3-c3c2cc(-c2ccc(C4=NCCO4)cc2)c2ccccc32)cc1. The van der Waals surface area contributed by atoms with Gasteiger partial charge in [-0.25, -0.2) is 4.99 Å². The molecular formula is C48H33NO. The molecule has 8 aromatic rings. The molecule has 8 aromatic carbocycles. The number of aliphatic imine (C=N–C) groups is 1. The van der Waals surface area contributed by atoms with Crippen LogP contribution in [0.25, 0.3) is 54.9 Å². The van der Waals surface area contributed by atoms with Crippen molar-refractivity contribution < 1.29 is 4.74 Å². The summed E-state index contributed by atoms with van der Waals surface area (Å²) in [6, 6.07) is 64.9. The van der Waals surface area contributed by atoms with E-state index in [4.69, 9.17) is 4.74 Å². The first-order valence-corrected chi connectivity index (χ1v) is 17.4. The van der Waals surface area contributed by atoms with E-state index in [2.05, 4.69) is 181 Å². The Morgan fingerprint density at radius 1 is 0.440 bits per heavy atom. The zero-order valence-electron chi connectivity index (χ0n) is 27.5. The third kappa shape index (κ3) is 4.32. The third-order valence-corrected chi connectivity index (χ3v) is 10.7. The molecule has 0 saturated heterocycles. The Morgan fingerprint density at radius 2 is 1.04 bits per heavy atom. The second kappa shape index (κ2) is 11.4. The highest BCUT2D eigenvalue weighted by molar-refractivity contribution is 6.10. The van der Waals surface area contributed by atoms with Crippen LogP contribution in [0.1, 0.15) is 27.8 Å². The standard InChI is InChI=1S/C48H33NO/c1-3-13-38(14-4-1)48(39-15-5-2-6-16-39)44-30-37(36-24-19-32-11-7-8-12-35(32)29-36)25-26-42(44)46-41-18-10-9-17-40(41)43(31-45(46)48)33-20-22-34(23-21-33)47-49-27-28-50-47/h1-26,29-31H,27-28H2. The summed E-state index contributed by atoms with van der Waals surface area (Å²) in [6.45, 7) is 1.37. The van der Waals surface area contributed by atoms with Gasteiger partial charge in [0.05, 0.1) is 12.0 Å². The molecule has 0 N–H and O–H groups in total. The van der Waals surface area contributed by atoms with E-state index in [1.54, 1.807) is 0 Å². The number of rotatable bonds is 5. The maximum atomic E-state index is 5.79. The summed E-state index contributed by atoms with van der Waals surface area (Å²) in [7, 11) is 0. The van der Waals surface area contributed by atoms with Crippen LogP contribution in [-0.4, -0.2) is 19.0 Å². The molecule has 236 valence electrons. The van der Waals surface area contributed by atoms with Crippen molar-refractivity contribution in [1.29, 1.82) is 0 Å². The van der Waals surface area contributed by atoms with Crippen LogP contribution in [0.2, 0.25) is 0 Å². The van der Waals surface area contributed by atoms with Crippen LogP contribution in [0.3, 0.4) is 0 Å². The number of hydrogen-bond acceptors (Lipinski definition) is 2. The van der Waals surface area contributed by atoms with Gasteiger partial charge in [0.25, 0.3) is 0 Å². The molecule has 1 heterocycles. The van der Waals surface area contributed by atoms with Gasteiger partial charge in [-0.2, -0.15) is 0 Å². The smallest absolute Gasteiger partial charge is 0.216 e. The molecule has 1 aliphatic heterocycles. The fraction of sp³-hybridized carbons (Fsp3) is 0.0625. The van der Waals surface area contributed by atoms with E-state index in [1.165, 1.54) is 77.2 Å². The Bertz CT molecular complexity index is 2560. The molecule has 0 radical (unpaired) electrons. The van der Waals surface area contributed by atoms with Crippen molar-refractivity contribution in [1.82, 2.24) is 0 Å². The molecule has 2 nitrogen and oxygen atoms in total. The van der Waals surface area contributed by atoms with E-state index in [-0.39, 0.29) is 0 Å². The summed E-state index contributed by atoms with van der Waals surface area (Å²) in [5.41, 5.74) is 13.0. The van der Waals surface area contributed by atoms with Crippen molar-refractivity contribution in [3.05, 3.63) is 204 Å². The quantitative estimate of drug-likeness (QED) is 0.184. The van der Waals surface area contributed by atoms with E-state index in [1.807, 2.05) is 0 Å². The van der Waals surface area contributed by atoms with Gasteiger partial charge in [-0.1, -0.05) is 146 Å². The highest BCUT2D eigenvalue weighted by Crippen LogP contribution is 2.59. The molecule has 0 unspecified atom stereocenters. The van der Waals surface area contributed by atoms with E-state index in [0.29, 0.717) is 6.61 Å². The fourth-order valence-corrected chi connectivity index (χ4v) is 8.43. The zero-order chi connectivity index (χ0) is 33.1. The zero-order valence-corrected chi connectivity index (χ0v) is 27.5. The van der Waals surface area contributed by atoms with Crippen LogP contribution >= 0.6 is 0 Å². The second-order valence-corrected chi connectivity index (χ2v) is 13.3. The first-order valence-electron chi connectivity index (χ1n) is 17.4. The minimum atomic E-state index is -0.537. The van der Waals surface area contributed by atoms with E-state index < -0.39 is 5.41 Å². The van der Waals surface area contributed by atoms with Crippen molar-refractivity contribution in [3.8, 4) is 33.4 Å². The highest BCUT2D eigenvalue weighted by Gasteiger charge is 2.47. The molecule has 1 aliphatic carbocycles. The van der Waals surface area contributed by atoms with Gasteiger partial charge in [-0.15, -0.1) is 0 Å². The van der Waals surface area contributed by atoms with Crippen LogP contribution in [0.5, 0.6) is 0 Å². The second-order valence-electron chi connectivity index (χ2n) is 13.3. The maximum Gasteiger partial charge on any atom is 0.216 e. The van der Waals surface area contributed by atoms with Crippen molar-refractivity contribution in [3.63, 3.8) is 0 Å². The van der Waals surface area contributed by atoms with Gasteiger partial charge in [0, 0.05) is 5.56 Å². The van der Waals surface area contributed by atoms with E-state index in [9.17, 15) is 0 Å². The Labute approximate surface area is 292 Å². The van der Waals surface area contributed by atoms with Crippen LogP contribution in [0, 0.1) is 0 Å². The van der Waals surface area contributed by atoms with Crippen molar-refractivity contribution >= 4 is 27.4 Å². The summed E-state index contributed by atoms with van der Waals surface area (Å²) in [5.74, 6) is 0.736. The van der Waals surface area contributed by atoms with Crippen LogP contribution in [-0.2, 0) is 10.2 Å². The molecule has 50 heavy (non-hydrogen) atoms. The van der Waals surface area contributed by atoms with Gasteiger partial charge in [-0.3, -0.25) is 0 Å². The van der Waals surface area contributed by atoms with Crippen molar-refractivity contribution in [2.24, 2.45) is 4.99 Å². The number of hydrogen-bond donors (Lipinski definition) is 0. The van der Waals surface area contributed by atoms with Crippen LogP contribution < -0.4 is 0 Å². The summed E-state index contributed by atoms with van der Waals surface area (Å²) < 4.78 is 5.79. The predicted octanol–water partition coefficient (Wildman–Crippen LogP) is 11.5. The lowest BCUT2D eigenvalue weighted by atomic mass is 9.67. The lowest BCUT2D eigenvalue weighted by Gasteiger charge is -2.34. The number of benzene rings is 8. The average Bonchev–Trinajstić information content (AvgIpc) is 3.84. The molecule has 0 fully saturated rings. The fourth-order valence-electron chi connectivity index (χ4n) is 8.43. The number of nitrogens with zero attached hydrogens (tertiary/aromatic N) is 1. The minimum Gasteiger partial charge on any atom is -0.476 e. The summed E-state index contributed by atoms with van der Waals surface area (Å²) in [5, 5.41) is 5.01. The van der Waals surface area contributed by atoms with Crippen LogP contribution in [0.15, 0.2) is 181 Å². The van der Waals surface area contributed by atoms with E-state index >= 15 is 0 Å².